The molecule has 0 unspecified atom stereocenters. The number of hydrogen-bond donors (Lipinski definition) is 1. The maximum Gasteiger partial charge on any atom is 0.346 e. The number of benzene rings is 1. The zero-order valence-corrected chi connectivity index (χ0v) is 12.5. The van der Waals surface area contributed by atoms with Crippen molar-refractivity contribution >= 4 is 39.3 Å². The minimum atomic E-state index is -0.975. The molecule has 0 amide bonds. The SMILES string of the molecule is Cc1c(C(=O)O)sc2ncnc(Sc3cccc(F)c3)c12. The van der Waals surface area contributed by atoms with Gasteiger partial charge in [0.2, 0.25) is 0 Å². The van der Waals surface area contributed by atoms with Crippen LogP contribution in [0.3, 0.4) is 0 Å². The number of hydrogen-bond acceptors (Lipinski definition) is 5. The first-order valence-corrected chi connectivity index (χ1v) is 7.60. The van der Waals surface area contributed by atoms with Gasteiger partial charge in [-0.25, -0.2) is 19.2 Å². The summed E-state index contributed by atoms with van der Waals surface area (Å²) in [4.78, 5) is 21.1. The van der Waals surface area contributed by atoms with Crippen LogP contribution in [0.15, 0.2) is 40.5 Å². The molecular formula is C14H9FN2O2S2. The Hall–Kier alpha value is -1.99. The van der Waals surface area contributed by atoms with Crippen LogP contribution in [0.2, 0.25) is 0 Å². The van der Waals surface area contributed by atoms with E-state index in [4.69, 9.17) is 0 Å². The molecule has 4 nitrogen and oxygen atoms in total. The van der Waals surface area contributed by atoms with Crippen molar-refractivity contribution in [1.82, 2.24) is 9.97 Å². The molecule has 3 rings (SSSR count). The Morgan fingerprint density at radius 3 is 2.90 bits per heavy atom. The fraction of sp³-hybridized carbons (Fsp3) is 0.0714. The van der Waals surface area contributed by atoms with Gasteiger partial charge in [0.05, 0.1) is 0 Å². The quantitative estimate of drug-likeness (QED) is 0.739. The maximum atomic E-state index is 13.3. The smallest absolute Gasteiger partial charge is 0.346 e. The molecule has 0 saturated carbocycles. The summed E-state index contributed by atoms with van der Waals surface area (Å²) in [6.07, 6.45) is 1.39. The molecule has 0 radical (unpaired) electrons. The minimum absolute atomic E-state index is 0.256. The molecule has 0 aliphatic heterocycles. The van der Waals surface area contributed by atoms with Crippen LogP contribution in [0.5, 0.6) is 0 Å². The number of carboxylic acids is 1. The van der Waals surface area contributed by atoms with Gasteiger partial charge in [-0.05, 0) is 30.7 Å². The van der Waals surface area contributed by atoms with Crippen molar-refractivity contribution in [1.29, 1.82) is 0 Å². The molecule has 7 heteroatoms. The van der Waals surface area contributed by atoms with Crippen molar-refractivity contribution in [2.45, 2.75) is 16.8 Å². The van der Waals surface area contributed by atoms with E-state index in [9.17, 15) is 14.3 Å². The van der Waals surface area contributed by atoms with E-state index in [-0.39, 0.29) is 10.7 Å². The number of rotatable bonds is 3. The average molecular weight is 320 g/mol. The highest BCUT2D eigenvalue weighted by Crippen LogP contribution is 2.37. The van der Waals surface area contributed by atoms with Gasteiger partial charge in [0.15, 0.2) is 0 Å². The average Bonchev–Trinajstić information content (AvgIpc) is 2.77. The number of fused-ring (bicyclic) bond motifs is 1. The molecular weight excluding hydrogens is 311 g/mol. The first kappa shape index (κ1) is 14.0. The third-order valence-corrected chi connectivity index (χ3v) is 5.08. The summed E-state index contributed by atoms with van der Waals surface area (Å²) in [5, 5.41) is 10.5. The Morgan fingerprint density at radius 2 is 2.19 bits per heavy atom. The summed E-state index contributed by atoms with van der Waals surface area (Å²) in [5.74, 6) is -1.30. The van der Waals surface area contributed by atoms with E-state index in [1.54, 1.807) is 19.1 Å². The van der Waals surface area contributed by atoms with Crippen molar-refractivity contribution in [3.63, 3.8) is 0 Å². The summed E-state index contributed by atoms with van der Waals surface area (Å²) in [6.45, 7) is 1.74. The lowest BCUT2D eigenvalue weighted by molar-refractivity contribution is 0.0701. The highest BCUT2D eigenvalue weighted by molar-refractivity contribution is 7.99. The lowest BCUT2D eigenvalue weighted by Gasteiger charge is -2.03. The fourth-order valence-electron chi connectivity index (χ4n) is 1.96. The molecule has 3 aromatic rings. The summed E-state index contributed by atoms with van der Waals surface area (Å²) in [7, 11) is 0. The number of aromatic carboxylic acids is 1. The Morgan fingerprint density at radius 1 is 1.38 bits per heavy atom. The molecule has 0 spiro atoms. The van der Waals surface area contributed by atoms with Crippen LogP contribution in [-0.2, 0) is 0 Å². The molecule has 0 saturated heterocycles. The molecule has 21 heavy (non-hydrogen) atoms. The van der Waals surface area contributed by atoms with Crippen molar-refractivity contribution in [3.8, 4) is 0 Å². The molecule has 2 aromatic heterocycles. The summed E-state index contributed by atoms with van der Waals surface area (Å²) >= 11 is 2.41. The van der Waals surface area contributed by atoms with Gasteiger partial charge in [-0.15, -0.1) is 11.3 Å². The van der Waals surface area contributed by atoms with E-state index in [1.165, 1.54) is 30.2 Å². The van der Waals surface area contributed by atoms with E-state index < -0.39 is 5.97 Å². The zero-order chi connectivity index (χ0) is 15.0. The van der Waals surface area contributed by atoms with Crippen LogP contribution in [0.1, 0.15) is 15.2 Å². The second-order valence-corrected chi connectivity index (χ2v) is 6.34. The molecule has 1 aromatic carbocycles. The predicted molar refractivity (Wildman–Crippen MR) is 79.6 cm³/mol. The number of aromatic nitrogens is 2. The van der Waals surface area contributed by atoms with Gasteiger partial charge in [0.25, 0.3) is 0 Å². The van der Waals surface area contributed by atoms with Crippen LogP contribution in [0.25, 0.3) is 10.2 Å². The minimum Gasteiger partial charge on any atom is -0.477 e. The van der Waals surface area contributed by atoms with E-state index >= 15 is 0 Å². The van der Waals surface area contributed by atoms with Crippen molar-refractivity contribution in [2.75, 3.05) is 0 Å². The molecule has 2 heterocycles. The number of halogens is 1. The third kappa shape index (κ3) is 2.62. The standard InChI is InChI=1S/C14H9FN2O2S2/c1-7-10-12(20-9-4-2-3-8(15)5-9)16-6-17-13(10)21-11(7)14(18)19/h2-6H,1H3,(H,18,19). The Labute approximate surface area is 127 Å². The second-order valence-electron chi connectivity index (χ2n) is 4.28. The number of carbonyl (C=O) groups is 1. The first-order chi connectivity index (χ1) is 10.1. The first-order valence-electron chi connectivity index (χ1n) is 5.97. The molecule has 1 N–H and O–H groups in total. The van der Waals surface area contributed by atoms with Crippen LogP contribution < -0.4 is 0 Å². The molecule has 106 valence electrons. The predicted octanol–water partition coefficient (Wildman–Crippen LogP) is 3.99. The number of nitrogens with zero attached hydrogens (tertiary/aromatic N) is 2. The van der Waals surface area contributed by atoms with E-state index in [0.717, 1.165) is 11.3 Å². The van der Waals surface area contributed by atoms with Gasteiger partial charge in [-0.3, -0.25) is 0 Å². The summed E-state index contributed by atoms with van der Waals surface area (Å²) in [5.41, 5.74) is 0.641. The second kappa shape index (κ2) is 5.42. The molecule has 0 bridgehead atoms. The largest absolute Gasteiger partial charge is 0.477 e. The van der Waals surface area contributed by atoms with Crippen LogP contribution in [0.4, 0.5) is 4.39 Å². The maximum absolute atomic E-state index is 13.3. The number of carboxylic acid groups (broad SMARTS) is 1. The van der Waals surface area contributed by atoms with Gasteiger partial charge in [-0.1, -0.05) is 17.8 Å². The normalized spacial score (nSPS) is 11.0. The van der Waals surface area contributed by atoms with Crippen molar-refractivity contribution < 1.29 is 14.3 Å². The van der Waals surface area contributed by atoms with E-state index in [0.29, 0.717) is 25.7 Å². The summed E-state index contributed by atoms with van der Waals surface area (Å²) in [6, 6.07) is 6.19. The third-order valence-electron chi connectivity index (χ3n) is 2.90. The topological polar surface area (TPSA) is 63.1 Å². The highest BCUT2D eigenvalue weighted by Gasteiger charge is 2.19. The molecule has 0 fully saturated rings. The molecule has 0 aliphatic rings. The van der Waals surface area contributed by atoms with Crippen LogP contribution in [-0.4, -0.2) is 21.0 Å². The monoisotopic (exact) mass is 320 g/mol. The lowest BCUT2D eigenvalue weighted by atomic mass is 10.2. The molecule has 0 aliphatic carbocycles. The zero-order valence-electron chi connectivity index (χ0n) is 10.8. The van der Waals surface area contributed by atoms with E-state index in [1.807, 2.05) is 0 Å². The van der Waals surface area contributed by atoms with Crippen LogP contribution in [0, 0.1) is 12.7 Å². The number of thiophene rings is 1. The fourth-order valence-corrected chi connectivity index (χ4v) is 4.01. The Bertz CT molecular complexity index is 848. The van der Waals surface area contributed by atoms with Gasteiger partial charge >= 0.3 is 5.97 Å². The van der Waals surface area contributed by atoms with Gasteiger partial charge in [0.1, 0.15) is 26.9 Å². The van der Waals surface area contributed by atoms with Gasteiger partial charge in [-0.2, -0.15) is 0 Å². The van der Waals surface area contributed by atoms with Crippen molar-refractivity contribution in [3.05, 3.63) is 46.9 Å². The lowest BCUT2D eigenvalue weighted by Crippen LogP contribution is -1.94. The highest BCUT2D eigenvalue weighted by atomic mass is 32.2. The van der Waals surface area contributed by atoms with Gasteiger partial charge < -0.3 is 5.11 Å². The van der Waals surface area contributed by atoms with E-state index in [2.05, 4.69) is 9.97 Å². The Kier molecular flexibility index (Phi) is 3.60. The van der Waals surface area contributed by atoms with Gasteiger partial charge in [0, 0.05) is 10.3 Å². The van der Waals surface area contributed by atoms with Crippen LogP contribution >= 0.6 is 23.1 Å². The number of aryl methyl sites for hydroxylation is 1. The van der Waals surface area contributed by atoms with Crippen molar-refractivity contribution in [2.24, 2.45) is 0 Å². The summed E-state index contributed by atoms with van der Waals surface area (Å²) < 4.78 is 13.3. The Balaban J connectivity index is 2.12. The molecule has 0 atom stereocenters.